The third kappa shape index (κ3) is 4.98. The van der Waals surface area contributed by atoms with E-state index in [2.05, 4.69) is 4.90 Å². The molecule has 0 saturated carbocycles. The molecule has 0 atom stereocenters. The van der Waals surface area contributed by atoms with Gasteiger partial charge in [-0.15, -0.1) is 0 Å². The molecule has 1 aliphatic rings. The zero-order valence-electron chi connectivity index (χ0n) is 12.7. The van der Waals surface area contributed by atoms with Gasteiger partial charge in [0.05, 0.1) is 5.75 Å². The Labute approximate surface area is 130 Å². The molecule has 1 aromatic carbocycles. The Bertz CT molecular complexity index is 608. The minimum Gasteiger partial charge on any atom is -0.368 e. The van der Waals surface area contributed by atoms with Crippen molar-refractivity contribution in [1.82, 2.24) is 4.90 Å². The van der Waals surface area contributed by atoms with Gasteiger partial charge in [0.2, 0.25) is 5.91 Å². The molecule has 22 heavy (non-hydrogen) atoms. The highest BCUT2D eigenvalue weighted by Crippen LogP contribution is 2.17. The molecule has 0 unspecified atom stereocenters. The average Bonchev–Trinajstić information content (AvgIpc) is 2.47. The molecule has 1 fully saturated rings. The van der Waals surface area contributed by atoms with Gasteiger partial charge in [-0.25, -0.2) is 12.8 Å². The summed E-state index contributed by atoms with van der Waals surface area (Å²) >= 11 is 0. The van der Waals surface area contributed by atoms with Crippen LogP contribution in [0.2, 0.25) is 0 Å². The Morgan fingerprint density at radius 3 is 2.27 bits per heavy atom. The smallest absolute Gasteiger partial charge is 0.222 e. The van der Waals surface area contributed by atoms with E-state index in [1.165, 1.54) is 18.4 Å². The molecule has 1 saturated heterocycles. The molecule has 2 rings (SSSR count). The Morgan fingerprint density at radius 1 is 1.14 bits per heavy atom. The highest BCUT2D eigenvalue weighted by atomic mass is 32.2. The van der Waals surface area contributed by atoms with Crippen molar-refractivity contribution >= 4 is 21.4 Å². The van der Waals surface area contributed by atoms with Crippen LogP contribution in [-0.4, -0.2) is 57.4 Å². The molecule has 0 bridgehead atoms. The summed E-state index contributed by atoms with van der Waals surface area (Å²) in [5.74, 6) is -0.209. The number of rotatable bonds is 5. The predicted octanol–water partition coefficient (Wildman–Crippen LogP) is 1.30. The largest absolute Gasteiger partial charge is 0.368 e. The maximum absolute atomic E-state index is 12.9. The molecule has 0 spiro atoms. The molecule has 1 aromatic rings. The van der Waals surface area contributed by atoms with Gasteiger partial charge < -0.3 is 9.80 Å². The van der Waals surface area contributed by atoms with Gasteiger partial charge in [0.25, 0.3) is 0 Å². The van der Waals surface area contributed by atoms with Crippen LogP contribution in [0.1, 0.15) is 12.8 Å². The third-order valence-corrected chi connectivity index (χ3v) is 4.76. The van der Waals surface area contributed by atoms with Gasteiger partial charge in [-0.2, -0.15) is 0 Å². The number of halogens is 1. The monoisotopic (exact) mass is 328 g/mol. The van der Waals surface area contributed by atoms with Crippen molar-refractivity contribution in [3.63, 3.8) is 0 Å². The van der Waals surface area contributed by atoms with Crippen molar-refractivity contribution in [1.29, 1.82) is 0 Å². The Kier molecular flexibility index (Phi) is 5.39. The maximum Gasteiger partial charge on any atom is 0.222 e. The molecule has 0 radical (unpaired) electrons. The van der Waals surface area contributed by atoms with Gasteiger partial charge >= 0.3 is 0 Å². The molecule has 0 aliphatic carbocycles. The van der Waals surface area contributed by atoms with E-state index in [0.717, 1.165) is 5.69 Å². The topological polar surface area (TPSA) is 57.7 Å². The minimum atomic E-state index is -3.01. The summed E-state index contributed by atoms with van der Waals surface area (Å²) in [4.78, 5) is 15.9. The second-order valence-electron chi connectivity index (χ2n) is 5.58. The number of sulfone groups is 1. The van der Waals surface area contributed by atoms with Crippen LogP contribution in [0.3, 0.4) is 0 Å². The van der Waals surface area contributed by atoms with E-state index >= 15 is 0 Å². The molecule has 122 valence electrons. The van der Waals surface area contributed by atoms with Crippen molar-refractivity contribution < 1.29 is 17.6 Å². The quantitative estimate of drug-likeness (QED) is 0.817. The van der Waals surface area contributed by atoms with Gasteiger partial charge in [-0.1, -0.05) is 0 Å². The van der Waals surface area contributed by atoms with Crippen molar-refractivity contribution in [3.05, 3.63) is 30.1 Å². The zero-order valence-corrected chi connectivity index (χ0v) is 13.5. The highest BCUT2D eigenvalue weighted by molar-refractivity contribution is 7.90. The van der Waals surface area contributed by atoms with Gasteiger partial charge in [-0.05, 0) is 30.7 Å². The molecule has 7 heteroatoms. The summed E-state index contributed by atoms with van der Waals surface area (Å²) in [5, 5.41) is 0. The number of carbonyl (C=O) groups excluding carboxylic acids is 1. The van der Waals surface area contributed by atoms with E-state index < -0.39 is 9.84 Å². The number of piperazine rings is 1. The first-order chi connectivity index (χ1) is 10.3. The summed E-state index contributed by atoms with van der Waals surface area (Å²) < 4.78 is 35.0. The number of nitrogens with zero attached hydrogens (tertiary/aromatic N) is 2. The number of hydrogen-bond acceptors (Lipinski definition) is 4. The lowest BCUT2D eigenvalue weighted by Gasteiger charge is -2.36. The van der Waals surface area contributed by atoms with Gasteiger partial charge in [-0.3, -0.25) is 4.79 Å². The van der Waals surface area contributed by atoms with Crippen molar-refractivity contribution in [2.24, 2.45) is 0 Å². The molecule has 1 aliphatic heterocycles. The summed E-state index contributed by atoms with van der Waals surface area (Å²) in [7, 11) is -3.01. The van der Waals surface area contributed by atoms with E-state index in [-0.39, 0.29) is 23.9 Å². The first-order valence-electron chi connectivity index (χ1n) is 7.31. The number of carbonyl (C=O) groups is 1. The van der Waals surface area contributed by atoms with Crippen LogP contribution in [0.5, 0.6) is 0 Å². The molecule has 1 amide bonds. The van der Waals surface area contributed by atoms with E-state index in [0.29, 0.717) is 32.6 Å². The Hall–Kier alpha value is -1.63. The van der Waals surface area contributed by atoms with Crippen LogP contribution in [0.25, 0.3) is 0 Å². The van der Waals surface area contributed by atoms with Crippen LogP contribution in [0.15, 0.2) is 24.3 Å². The maximum atomic E-state index is 12.9. The average molecular weight is 328 g/mol. The van der Waals surface area contributed by atoms with Crippen LogP contribution in [-0.2, 0) is 14.6 Å². The molecule has 5 nitrogen and oxygen atoms in total. The van der Waals surface area contributed by atoms with Crippen LogP contribution in [0, 0.1) is 5.82 Å². The second kappa shape index (κ2) is 7.09. The van der Waals surface area contributed by atoms with Gasteiger partial charge in [0, 0.05) is 44.5 Å². The van der Waals surface area contributed by atoms with Crippen molar-refractivity contribution in [3.8, 4) is 0 Å². The predicted molar refractivity (Wildman–Crippen MR) is 84.1 cm³/mol. The zero-order chi connectivity index (χ0) is 16.2. The fourth-order valence-corrected chi connectivity index (χ4v) is 3.18. The number of benzene rings is 1. The lowest BCUT2D eigenvalue weighted by atomic mass is 10.2. The summed E-state index contributed by atoms with van der Waals surface area (Å²) in [6, 6.07) is 6.33. The first-order valence-corrected chi connectivity index (χ1v) is 9.37. The molecular weight excluding hydrogens is 307 g/mol. The van der Waals surface area contributed by atoms with Crippen molar-refractivity contribution in [2.75, 3.05) is 43.1 Å². The Balaban J connectivity index is 1.79. The standard InChI is InChI=1S/C15H21FN2O3S/c1-22(20,21)12-2-3-15(19)18-10-8-17(9-11-18)14-6-4-13(16)5-7-14/h4-7H,2-3,8-12H2,1H3. The first kappa shape index (κ1) is 16.7. The third-order valence-electron chi connectivity index (χ3n) is 3.73. The molecule has 0 aromatic heterocycles. The van der Waals surface area contributed by atoms with Crippen LogP contribution in [0.4, 0.5) is 10.1 Å². The van der Waals surface area contributed by atoms with E-state index in [1.807, 2.05) is 0 Å². The molecule has 1 heterocycles. The van der Waals surface area contributed by atoms with E-state index in [9.17, 15) is 17.6 Å². The normalized spacial score (nSPS) is 15.9. The SMILES string of the molecule is CS(=O)(=O)CCCC(=O)N1CCN(c2ccc(F)cc2)CC1. The molecular formula is C15H21FN2O3S. The fraction of sp³-hybridized carbons (Fsp3) is 0.533. The molecule has 0 N–H and O–H groups in total. The fourth-order valence-electron chi connectivity index (χ4n) is 2.51. The van der Waals surface area contributed by atoms with Crippen LogP contribution < -0.4 is 4.90 Å². The van der Waals surface area contributed by atoms with Gasteiger partial charge in [0.1, 0.15) is 15.7 Å². The summed E-state index contributed by atoms with van der Waals surface area (Å²) in [6.45, 7) is 2.61. The van der Waals surface area contributed by atoms with Gasteiger partial charge in [0.15, 0.2) is 0 Å². The summed E-state index contributed by atoms with van der Waals surface area (Å²) in [6.07, 6.45) is 1.82. The number of amides is 1. The van der Waals surface area contributed by atoms with Crippen LogP contribution >= 0.6 is 0 Å². The number of anilines is 1. The lowest BCUT2D eigenvalue weighted by Crippen LogP contribution is -2.48. The lowest BCUT2D eigenvalue weighted by molar-refractivity contribution is -0.131. The number of hydrogen-bond donors (Lipinski definition) is 0. The Morgan fingerprint density at radius 2 is 1.73 bits per heavy atom. The minimum absolute atomic E-state index is 0.00223. The summed E-state index contributed by atoms with van der Waals surface area (Å²) in [5.41, 5.74) is 0.950. The van der Waals surface area contributed by atoms with Crippen molar-refractivity contribution in [2.45, 2.75) is 12.8 Å². The van der Waals surface area contributed by atoms with E-state index in [4.69, 9.17) is 0 Å². The second-order valence-corrected chi connectivity index (χ2v) is 7.84. The highest BCUT2D eigenvalue weighted by Gasteiger charge is 2.21. The van der Waals surface area contributed by atoms with E-state index in [1.54, 1.807) is 17.0 Å².